The Bertz CT molecular complexity index is 427. The van der Waals surface area contributed by atoms with E-state index < -0.39 is 9.84 Å². The van der Waals surface area contributed by atoms with Crippen LogP contribution in [0.1, 0.15) is 13.8 Å². The molecule has 0 spiro atoms. The molecule has 0 bridgehead atoms. The first kappa shape index (κ1) is 13.3. The lowest BCUT2D eigenvalue weighted by atomic mass is 10.5. The highest BCUT2D eigenvalue weighted by molar-refractivity contribution is 8.00. The zero-order valence-electron chi connectivity index (χ0n) is 9.38. The number of anilines is 1. The van der Waals surface area contributed by atoms with E-state index in [1.165, 1.54) is 11.8 Å². The van der Waals surface area contributed by atoms with Crippen LogP contribution in [0.15, 0.2) is 23.2 Å². The minimum atomic E-state index is -2.94. The van der Waals surface area contributed by atoms with Gasteiger partial charge in [0.25, 0.3) is 0 Å². The quantitative estimate of drug-likeness (QED) is 0.814. The van der Waals surface area contributed by atoms with Gasteiger partial charge in [-0.25, -0.2) is 13.4 Å². The Hall–Kier alpha value is -0.750. The highest BCUT2D eigenvalue weighted by Gasteiger charge is 2.15. The van der Waals surface area contributed by atoms with Gasteiger partial charge in [0.2, 0.25) is 0 Å². The molecule has 2 N–H and O–H groups in total. The van der Waals surface area contributed by atoms with Crippen molar-refractivity contribution in [2.45, 2.75) is 24.0 Å². The van der Waals surface area contributed by atoms with Gasteiger partial charge >= 0.3 is 0 Å². The number of nitrogens with zero attached hydrogens (tertiary/aromatic N) is 1. The SMILES string of the molecule is CC(C)S(=O)(=O)CCSc1ccc(N)nc1. The molecule has 1 rings (SSSR count). The van der Waals surface area contributed by atoms with E-state index in [1.54, 1.807) is 26.1 Å². The second-order valence-electron chi connectivity index (χ2n) is 3.68. The van der Waals surface area contributed by atoms with Crippen LogP contribution >= 0.6 is 11.8 Å². The van der Waals surface area contributed by atoms with Crippen molar-refractivity contribution in [3.05, 3.63) is 18.3 Å². The standard InChI is InChI=1S/C10H16N2O2S2/c1-8(2)16(13,14)6-5-15-9-3-4-10(11)12-7-9/h3-4,7-8H,5-6H2,1-2H3,(H2,11,12). The molecular weight excluding hydrogens is 244 g/mol. The van der Waals surface area contributed by atoms with Gasteiger partial charge in [-0.3, -0.25) is 0 Å². The normalized spacial score (nSPS) is 11.9. The van der Waals surface area contributed by atoms with Gasteiger partial charge < -0.3 is 5.73 Å². The predicted octanol–water partition coefficient (Wildman–Crippen LogP) is 1.58. The Labute approximate surface area is 101 Å². The van der Waals surface area contributed by atoms with E-state index in [0.717, 1.165) is 4.90 Å². The molecule has 1 aromatic rings. The Morgan fingerprint density at radius 2 is 2.12 bits per heavy atom. The maximum absolute atomic E-state index is 11.5. The Kier molecular flexibility index (Phi) is 4.61. The average molecular weight is 260 g/mol. The highest BCUT2D eigenvalue weighted by Crippen LogP contribution is 2.18. The van der Waals surface area contributed by atoms with Gasteiger partial charge in [0.15, 0.2) is 9.84 Å². The van der Waals surface area contributed by atoms with E-state index in [2.05, 4.69) is 4.98 Å². The van der Waals surface area contributed by atoms with Crippen LogP contribution in [0.4, 0.5) is 5.82 Å². The van der Waals surface area contributed by atoms with Crippen molar-refractivity contribution in [3.63, 3.8) is 0 Å². The maximum Gasteiger partial charge on any atom is 0.153 e. The first-order valence-corrected chi connectivity index (χ1v) is 7.68. The van der Waals surface area contributed by atoms with E-state index in [-0.39, 0.29) is 11.0 Å². The monoisotopic (exact) mass is 260 g/mol. The maximum atomic E-state index is 11.5. The second kappa shape index (κ2) is 5.54. The summed E-state index contributed by atoms with van der Waals surface area (Å²) in [6, 6.07) is 3.55. The number of rotatable bonds is 5. The highest BCUT2D eigenvalue weighted by atomic mass is 32.2. The van der Waals surface area contributed by atoms with Crippen LogP contribution in [-0.4, -0.2) is 30.2 Å². The number of hydrogen-bond acceptors (Lipinski definition) is 5. The number of pyridine rings is 1. The van der Waals surface area contributed by atoms with Crippen molar-refractivity contribution >= 4 is 27.4 Å². The first-order valence-electron chi connectivity index (χ1n) is 4.98. The van der Waals surface area contributed by atoms with Gasteiger partial charge in [0, 0.05) is 16.8 Å². The molecule has 0 amide bonds. The molecule has 0 saturated heterocycles. The molecule has 0 aliphatic heterocycles. The number of hydrogen-bond donors (Lipinski definition) is 1. The van der Waals surface area contributed by atoms with E-state index in [1.807, 2.05) is 6.07 Å². The van der Waals surface area contributed by atoms with Crippen molar-refractivity contribution in [2.75, 3.05) is 17.2 Å². The van der Waals surface area contributed by atoms with Crippen LogP contribution in [0.25, 0.3) is 0 Å². The summed E-state index contributed by atoms with van der Waals surface area (Å²) in [4.78, 5) is 4.87. The molecule has 0 aromatic carbocycles. The lowest BCUT2D eigenvalue weighted by Gasteiger charge is -2.06. The third-order valence-corrected chi connectivity index (χ3v) is 5.57. The molecule has 1 aromatic heterocycles. The molecule has 4 nitrogen and oxygen atoms in total. The van der Waals surface area contributed by atoms with Gasteiger partial charge in [-0.15, -0.1) is 11.8 Å². The van der Waals surface area contributed by atoms with Crippen molar-refractivity contribution < 1.29 is 8.42 Å². The summed E-state index contributed by atoms with van der Waals surface area (Å²) >= 11 is 1.48. The van der Waals surface area contributed by atoms with Crippen LogP contribution < -0.4 is 5.73 Å². The Morgan fingerprint density at radius 1 is 1.44 bits per heavy atom. The number of nitrogen functional groups attached to an aromatic ring is 1. The fourth-order valence-electron chi connectivity index (χ4n) is 0.988. The van der Waals surface area contributed by atoms with Gasteiger partial charge in [-0.05, 0) is 26.0 Å². The topological polar surface area (TPSA) is 73.0 Å². The van der Waals surface area contributed by atoms with Gasteiger partial charge in [-0.1, -0.05) is 0 Å². The van der Waals surface area contributed by atoms with Gasteiger partial charge in [0.1, 0.15) is 5.82 Å². The largest absolute Gasteiger partial charge is 0.384 e. The minimum absolute atomic E-state index is 0.194. The fourth-order valence-corrected chi connectivity index (χ4v) is 3.25. The van der Waals surface area contributed by atoms with Crippen LogP contribution in [-0.2, 0) is 9.84 Å². The first-order chi connectivity index (χ1) is 7.42. The smallest absolute Gasteiger partial charge is 0.153 e. The van der Waals surface area contributed by atoms with Crippen molar-refractivity contribution in [2.24, 2.45) is 0 Å². The Balaban J connectivity index is 2.45. The second-order valence-corrected chi connectivity index (χ2v) is 7.53. The van der Waals surface area contributed by atoms with Crippen LogP contribution in [0.5, 0.6) is 0 Å². The molecule has 16 heavy (non-hydrogen) atoms. The summed E-state index contributed by atoms with van der Waals surface area (Å²) in [6.45, 7) is 3.40. The van der Waals surface area contributed by atoms with Crippen molar-refractivity contribution in [1.29, 1.82) is 0 Å². The molecule has 1 heterocycles. The molecule has 0 unspecified atom stereocenters. The van der Waals surface area contributed by atoms with E-state index in [4.69, 9.17) is 5.73 Å². The van der Waals surface area contributed by atoms with E-state index in [0.29, 0.717) is 11.6 Å². The molecule has 6 heteroatoms. The molecule has 0 aliphatic carbocycles. The van der Waals surface area contributed by atoms with Crippen LogP contribution in [0, 0.1) is 0 Å². The van der Waals surface area contributed by atoms with E-state index in [9.17, 15) is 8.42 Å². The molecular formula is C10H16N2O2S2. The third-order valence-electron chi connectivity index (χ3n) is 2.11. The predicted molar refractivity (Wildman–Crippen MR) is 68.3 cm³/mol. The molecule has 0 saturated carbocycles. The van der Waals surface area contributed by atoms with Crippen LogP contribution in [0.2, 0.25) is 0 Å². The summed E-state index contributed by atoms with van der Waals surface area (Å²) in [5, 5.41) is -0.308. The molecule has 0 radical (unpaired) electrons. The summed E-state index contributed by atoms with van der Waals surface area (Å²) in [5.41, 5.74) is 5.45. The number of sulfone groups is 1. The lowest BCUT2D eigenvalue weighted by molar-refractivity contribution is 0.589. The minimum Gasteiger partial charge on any atom is -0.384 e. The summed E-state index contributed by atoms with van der Waals surface area (Å²) < 4.78 is 23.1. The van der Waals surface area contributed by atoms with Crippen LogP contribution in [0.3, 0.4) is 0 Å². The zero-order chi connectivity index (χ0) is 12.2. The van der Waals surface area contributed by atoms with E-state index >= 15 is 0 Å². The van der Waals surface area contributed by atoms with Gasteiger partial charge in [-0.2, -0.15) is 0 Å². The molecule has 0 fully saturated rings. The molecule has 0 atom stereocenters. The fraction of sp³-hybridized carbons (Fsp3) is 0.500. The number of aromatic nitrogens is 1. The summed E-state index contributed by atoms with van der Waals surface area (Å²) in [5.74, 6) is 1.21. The van der Waals surface area contributed by atoms with Crippen molar-refractivity contribution in [1.82, 2.24) is 4.98 Å². The number of nitrogens with two attached hydrogens (primary N) is 1. The molecule has 0 aliphatic rings. The molecule has 90 valence electrons. The summed E-state index contributed by atoms with van der Waals surface area (Å²) in [7, 11) is -2.94. The lowest BCUT2D eigenvalue weighted by Crippen LogP contribution is -2.18. The van der Waals surface area contributed by atoms with Crippen molar-refractivity contribution in [3.8, 4) is 0 Å². The van der Waals surface area contributed by atoms with Gasteiger partial charge in [0.05, 0.1) is 11.0 Å². The average Bonchev–Trinajstić information content (AvgIpc) is 2.20. The Morgan fingerprint density at radius 3 is 2.62 bits per heavy atom. The zero-order valence-corrected chi connectivity index (χ0v) is 11.0. The number of thioether (sulfide) groups is 1. The summed E-state index contributed by atoms with van der Waals surface area (Å²) in [6.07, 6.45) is 1.65. The third kappa shape index (κ3) is 4.02.